The fourth-order valence-electron chi connectivity index (χ4n) is 4.48. The summed E-state index contributed by atoms with van der Waals surface area (Å²) in [7, 11) is 0. The number of nitriles is 1. The SMILES string of the molecule is CCOC1CC2CSC(NC(=O)O)=NC2(c2cc(NC(=O)c3ccc(C#N)cn3)ccc2F)C1. The van der Waals surface area contributed by atoms with Gasteiger partial charge in [0.25, 0.3) is 5.91 Å². The first-order valence-electron chi connectivity index (χ1n) is 10.7. The molecule has 1 aliphatic carbocycles. The van der Waals surface area contributed by atoms with Crippen LogP contribution in [0.3, 0.4) is 0 Å². The van der Waals surface area contributed by atoms with E-state index in [0.717, 1.165) is 0 Å². The van der Waals surface area contributed by atoms with Crippen molar-refractivity contribution < 1.29 is 23.8 Å². The maximum atomic E-state index is 15.2. The first kappa shape index (κ1) is 23.7. The van der Waals surface area contributed by atoms with Gasteiger partial charge in [-0.25, -0.2) is 14.2 Å². The van der Waals surface area contributed by atoms with E-state index < -0.39 is 23.4 Å². The predicted molar refractivity (Wildman–Crippen MR) is 124 cm³/mol. The van der Waals surface area contributed by atoms with Gasteiger partial charge in [-0.15, -0.1) is 0 Å². The molecular weight excluding hydrogens is 461 g/mol. The van der Waals surface area contributed by atoms with Crippen LogP contribution in [0, 0.1) is 23.1 Å². The molecule has 0 spiro atoms. The number of aliphatic imine (C=N–C) groups is 1. The quantitative estimate of drug-likeness (QED) is 0.589. The molecule has 9 nitrogen and oxygen atoms in total. The second-order valence-electron chi connectivity index (χ2n) is 7.99. The van der Waals surface area contributed by atoms with E-state index in [9.17, 15) is 9.59 Å². The number of amides is 2. The Morgan fingerprint density at radius 3 is 2.85 bits per heavy atom. The van der Waals surface area contributed by atoms with Gasteiger partial charge in [0.05, 0.1) is 17.2 Å². The predicted octanol–water partition coefficient (Wildman–Crippen LogP) is 3.73. The summed E-state index contributed by atoms with van der Waals surface area (Å²) in [5.74, 6) is -0.532. The first-order valence-corrected chi connectivity index (χ1v) is 11.6. The highest BCUT2D eigenvalue weighted by Gasteiger charge is 2.52. The molecule has 2 amide bonds. The van der Waals surface area contributed by atoms with Gasteiger partial charge in [0.15, 0.2) is 5.17 Å². The zero-order valence-electron chi connectivity index (χ0n) is 18.2. The molecule has 2 heterocycles. The second kappa shape index (κ2) is 9.79. The summed E-state index contributed by atoms with van der Waals surface area (Å²) >= 11 is 1.28. The Bertz CT molecular complexity index is 1180. The van der Waals surface area contributed by atoms with Gasteiger partial charge in [-0.2, -0.15) is 5.26 Å². The van der Waals surface area contributed by atoms with Gasteiger partial charge < -0.3 is 15.2 Å². The van der Waals surface area contributed by atoms with Gasteiger partial charge in [-0.05, 0) is 43.7 Å². The Balaban J connectivity index is 1.69. The van der Waals surface area contributed by atoms with Crippen molar-refractivity contribution in [3.8, 4) is 6.07 Å². The number of benzene rings is 1. The number of carbonyl (C=O) groups is 2. The molecule has 4 rings (SSSR count). The lowest BCUT2D eigenvalue weighted by atomic mass is 9.81. The molecular formula is C23H22FN5O4S. The monoisotopic (exact) mass is 483 g/mol. The van der Waals surface area contributed by atoms with Gasteiger partial charge in [-0.3, -0.25) is 15.1 Å². The highest BCUT2D eigenvalue weighted by Crippen LogP contribution is 2.52. The average Bonchev–Trinajstić information content (AvgIpc) is 3.18. The number of carboxylic acid groups (broad SMARTS) is 1. The molecule has 3 unspecified atom stereocenters. The molecule has 3 atom stereocenters. The van der Waals surface area contributed by atoms with E-state index >= 15 is 4.39 Å². The number of hydrogen-bond acceptors (Lipinski definition) is 7. The minimum atomic E-state index is -1.24. The Labute approximate surface area is 199 Å². The van der Waals surface area contributed by atoms with Crippen molar-refractivity contribution in [2.24, 2.45) is 10.9 Å². The summed E-state index contributed by atoms with van der Waals surface area (Å²) < 4.78 is 21.1. The highest BCUT2D eigenvalue weighted by atomic mass is 32.2. The number of thioether (sulfide) groups is 1. The summed E-state index contributed by atoms with van der Waals surface area (Å²) in [6.07, 6.45) is 0.963. The molecule has 1 aromatic carbocycles. The van der Waals surface area contributed by atoms with Crippen LogP contribution in [0.2, 0.25) is 0 Å². The van der Waals surface area contributed by atoms with Crippen molar-refractivity contribution in [1.29, 1.82) is 5.26 Å². The van der Waals surface area contributed by atoms with Crippen LogP contribution in [0.1, 0.15) is 41.4 Å². The fraction of sp³-hybridized carbons (Fsp3) is 0.348. The van der Waals surface area contributed by atoms with Crippen molar-refractivity contribution in [3.63, 3.8) is 0 Å². The number of ether oxygens (including phenoxy) is 1. The van der Waals surface area contributed by atoms with Crippen LogP contribution in [-0.4, -0.2) is 45.7 Å². The molecule has 11 heteroatoms. The van der Waals surface area contributed by atoms with Gasteiger partial charge in [0.1, 0.15) is 17.6 Å². The van der Waals surface area contributed by atoms with Crippen molar-refractivity contribution >= 4 is 34.6 Å². The Morgan fingerprint density at radius 2 is 2.18 bits per heavy atom. The molecule has 0 radical (unpaired) electrons. The molecule has 1 aromatic heterocycles. The number of carbonyl (C=O) groups excluding carboxylic acids is 1. The maximum Gasteiger partial charge on any atom is 0.410 e. The number of pyridine rings is 1. The fourth-order valence-corrected chi connectivity index (χ4v) is 5.64. The van der Waals surface area contributed by atoms with Crippen LogP contribution in [0.5, 0.6) is 0 Å². The lowest BCUT2D eigenvalue weighted by Gasteiger charge is -2.36. The number of anilines is 1. The van der Waals surface area contributed by atoms with E-state index in [1.54, 1.807) is 0 Å². The molecule has 1 saturated carbocycles. The number of fused-ring (bicyclic) bond motifs is 1. The first-order chi connectivity index (χ1) is 16.3. The van der Waals surface area contributed by atoms with E-state index in [2.05, 4.69) is 20.6 Å². The van der Waals surface area contributed by atoms with Gasteiger partial charge in [0.2, 0.25) is 0 Å². The third kappa shape index (κ3) is 4.73. The van der Waals surface area contributed by atoms with E-state index in [1.165, 1.54) is 48.3 Å². The van der Waals surface area contributed by atoms with Gasteiger partial charge in [0, 0.05) is 42.1 Å². The van der Waals surface area contributed by atoms with Crippen LogP contribution in [0.25, 0.3) is 0 Å². The average molecular weight is 484 g/mol. The standard InChI is InChI=1S/C23H22FN5O4S/c1-2-33-16-7-14-12-34-21(28-22(31)32)29-23(14,9-16)17-8-15(4-5-18(17)24)27-20(30)19-6-3-13(10-25)11-26-19/h3-6,8,11,14,16H,2,7,9,12H2,1H3,(H,27,30)(H,28,29)(H,31,32). The number of nitrogens with zero attached hydrogens (tertiary/aromatic N) is 3. The molecule has 1 aliphatic heterocycles. The number of hydrogen-bond donors (Lipinski definition) is 3. The van der Waals surface area contributed by atoms with E-state index in [-0.39, 0.29) is 28.4 Å². The van der Waals surface area contributed by atoms with E-state index in [0.29, 0.717) is 36.5 Å². The Kier molecular flexibility index (Phi) is 6.81. The molecule has 3 N–H and O–H groups in total. The Morgan fingerprint density at radius 1 is 1.35 bits per heavy atom. The molecule has 176 valence electrons. The van der Waals surface area contributed by atoms with Crippen LogP contribution in [0.4, 0.5) is 14.9 Å². The van der Waals surface area contributed by atoms with Gasteiger partial charge in [-0.1, -0.05) is 11.8 Å². The lowest BCUT2D eigenvalue weighted by molar-refractivity contribution is 0.0629. The highest BCUT2D eigenvalue weighted by molar-refractivity contribution is 8.13. The summed E-state index contributed by atoms with van der Waals surface area (Å²) in [6.45, 7) is 2.39. The van der Waals surface area contributed by atoms with Crippen molar-refractivity contribution in [2.75, 3.05) is 17.7 Å². The largest absolute Gasteiger partial charge is 0.465 e. The lowest BCUT2D eigenvalue weighted by Crippen LogP contribution is -2.40. The van der Waals surface area contributed by atoms with Gasteiger partial charge >= 0.3 is 6.09 Å². The zero-order chi connectivity index (χ0) is 24.3. The molecule has 34 heavy (non-hydrogen) atoms. The molecule has 2 aromatic rings. The molecule has 0 bridgehead atoms. The summed E-state index contributed by atoms with van der Waals surface area (Å²) in [6, 6.07) is 9.10. The maximum absolute atomic E-state index is 15.2. The smallest absolute Gasteiger partial charge is 0.410 e. The van der Waals surface area contributed by atoms with Crippen LogP contribution in [-0.2, 0) is 10.3 Å². The van der Waals surface area contributed by atoms with E-state index in [4.69, 9.17) is 15.1 Å². The Hall–Kier alpha value is -3.49. The number of halogens is 1. The summed E-state index contributed by atoms with van der Waals surface area (Å²) in [5.41, 5.74) is 0.0327. The summed E-state index contributed by atoms with van der Waals surface area (Å²) in [5, 5.41) is 23.3. The molecule has 0 saturated heterocycles. The van der Waals surface area contributed by atoms with Crippen LogP contribution < -0.4 is 10.6 Å². The number of nitrogens with one attached hydrogen (secondary N) is 2. The van der Waals surface area contributed by atoms with Crippen LogP contribution >= 0.6 is 11.8 Å². The number of amidine groups is 1. The zero-order valence-corrected chi connectivity index (χ0v) is 19.1. The second-order valence-corrected chi connectivity index (χ2v) is 9.00. The normalized spacial score (nSPS) is 23.4. The third-order valence-electron chi connectivity index (χ3n) is 5.92. The minimum absolute atomic E-state index is 0.0750. The molecule has 1 fully saturated rings. The number of aromatic nitrogens is 1. The van der Waals surface area contributed by atoms with Crippen LogP contribution in [0.15, 0.2) is 41.5 Å². The minimum Gasteiger partial charge on any atom is -0.465 e. The summed E-state index contributed by atoms with van der Waals surface area (Å²) in [4.78, 5) is 32.5. The third-order valence-corrected chi connectivity index (χ3v) is 6.95. The van der Waals surface area contributed by atoms with E-state index in [1.807, 2.05) is 13.0 Å². The topological polar surface area (TPSA) is 137 Å². The molecule has 2 aliphatic rings. The van der Waals surface area contributed by atoms with Crippen molar-refractivity contribution in [3.05, 3.63) is 59.2 Å². The van der Waals surface area contributed by atoms with Crippen molar-refractivity contribution in [2.45, 2.75) is 31.4 Å². The number of rotatable bonds is 5. The van der Waals surface area contributed by atoms with Crippen molar-refractivity contribution in [1.82, 2.24) is 10.3 Å².